The molecule has 0 spiro atoms. The van der Waals surface area contributed by atoms with Gasteiger partial charge in [0.25, 0.3) is 0 Å². The minimum atomic E-state index is 0.682. The van der Waals surface area contributed by atoms with Crippen molar-refractivity contribution in [3.63, 3.8) is 0 Å². The minimum absolute atomic E-state index is 0.682. The second kappa shape index (κ2) is 5.28. The molecule has 0 unspecified atom stereocenters. The van der Waals surface area contributed by atoms with Gasteiger partial charge in [-0.25, -0.2) is 4.98 Å². The number of nitrogens with zero attached hydrogens (tertiary/aromatic N) is 2. The molecule has 15 heavy (non-hydrogen) atoms. The number of rotatable bonds is 7. The molecular formula is C11H19N3O. The maximum absolute atomic E-state index is 5.58. The molecule has 84 valence electrons. The van der Waals surface area contributed by atoms with Crippen molar-refractivity contribution in [1.82, 2.24) is 14.9 Å². The summed E-state index contributed by atoms with van der Waals surface area (Å²) in [5.74, 6) is 0. The van der Waals surface area contributed by atoms with E-state index in [9.17, 15) is 0 Å². The summed E-state index contributed by atoms with van der Waals surface area (Å²) in [4.78, 5) is 4.17. The fourth-order valence-electron chi connectivity index (χ4n) is 1.62. The van der Waals surface area contributed by atoms with Crippen LogP contribution in [0.5, 0.6) is 0 Å². The molecule has 0 aliphatic heterocycles. The predicted molar refractivity (Wildman–Crippen MR) is 58.7 cm³/mol. The molecule has 1 aliphatic rings. The summed E-state index contributed by atoms with van der Waals surface area (Å²) in [5, 5.41) is 3.23. The van der Waals surface area contributed by atoms with E-state index >= 15 is 0 Å². The van der Waals surface area contributed by atoms with Crippen LogP contribution in [0.25, 0.3) is 0 Å². The van der Waals surface area contributed by atoms with E-state index in [-0.39, 0.29) is 0 Å². The molecule has 4 heteroatoms. The highest BCUT2D eigenvalue weighted by molar-refractivity contribution is 5.02. The van der Waals surface area contributed by atoms with Gasteiger partial charge in [-0.1, -0.05) is 6.92 Å². The van der Waals surface area contributed by atoms with Gasteiger partial charge in [0.2, 0.25) is 0 Å². The fourth-order valence-corrected chi connectivity index (χ4v) is 1.62. The Morgan fingerprint density at radius 3 is 3.20 bits per heavy atom. The van der Waals surface area contributed by atoms with E-state index in [1.165, 1.54) is 18.5 Å². The van der Waals surface area contributed by atoms with Crippen molar-refractivity contribution in [1.29, 1.82) is 0 Å². The Hall–Kier alpha value is -0.870. The summed E-state index contributed by atoms with van der Waals surface area (Å²) in [7, 11) is 0. The quantitative estimate of drug-likeness (QED) is 0.689. The third kappa shape index (κ3) is 3.04. The van der Waals surface area contributed by atoms with Gasteiger partial charge in [-0.05, 0) is 19.4 Å². The van der Waals surface area contributed by atoms with Gasteiger partial charge >= 0.3 is 0 Å². The molecule has 0 amide bonds. The van der Waals surface area contributed by atoms with Crippen molar-refractivity contribution in [3.05, 3.63) is 18.2 Å². The Labute approximate surface area is 90.6 Å². The van der Waals surface area contributed by atoms with E-state index in [0.717, 1.165) is 19.7 Å². The molecule has 4 nitrogen and oxygen atoms in total. The molecule has 2 rings (SSSR count). The van der Waals surface area contributed by atoms with Crippen LogP contribution in [0.1, 0.15) is 31.5 Å². The van der Waals surface area contributed by atoms with Crippen molar-refractivity contribution in [2.24, 2.45) is 0 Å². The number of hydrogen-bond acceptors (Lipinski definition) is 3. The van der Waals surface area contributed by atoms with E-state index in [2.05, 4.69) is 21.8 Å². The maximum Gasteiger partial charge on any atom is 0.0951 e. The molecular weight excluding hydrogens is 190 g/mol. The molecule has 1 aromatic rings. The lowest BCUT2D eigenvalue weighted by Crippen LogP contribution is -2.19. The second-order valence-corrected chi connectivity index (χ2v) is 3.93. The van der Waals surface area contributed by atoms with Crippen molar-refractivity contribution in [3.8, 4) is 0 Å². The Balaban J connectivity index is 1.70. The van der Waals surface area contributed by atoms with Gasteiger partial charge in [0.1, 0.15) is 0 Å². The molecule has 1 saturated carbocycles. The van der Waals surface area contributed by atoms with Gasteiger partial charge in [0, 0.05) is 12.6 Å². The third-order valence-corrected chi connectivity index (χ3v) is 2.61. The SMILES string of the molecule is CCNCCOCc1cncn1C1CC1. The van der Waals surface area contributed by atoms with Crippen LogP contribution in [0.2, 0.25) is 0 Å². The maximum atomic E-state index is 5.58. The summed E-state index contributed by atoms with van der Waals surface area (Å²) in [6.07, 6.45) is 6.41. The van der Waals surface area contributed by atoms with E-state index in [1.807, 2.05) is 12.5 Å². The highest BCUT2D eigenvalue weighted by atomic mass is 16.5. The van der Waals surface area contributed by atoms with Crippen LogP contribution in [0.3, 0.4) is 0 Å². The van der Waals surface area contributed by atoms with Crippen LogP contribution in [-0.4, -0.2) is 29.2 Å². The average molecular weight is 209 g/mol. The zero-order valence-electron chi connectivity index (χ0n) is 9.28. The van der Waals surface area contributed by atoms with E-state index in [4.69, 9.17) is 4.74 Å². The first-order valence-electron chi connectivity index (χ1n) is 5.71. The summed E-state index contributed by atoms with van der Waals surface area (Å²) in [5.41, 5.74) is 1.20. The molecule has 1 aromatic heterocycles. The third-order valence-electron chi connectivity index (χ3n) is 2.61. The molecule has 1 aliphatic carbocycles. The lowest BCUT2D eigenvalue weighted by molar-refractivity contribution is 0.118. The average Bonchev–Trinajstić information content (AvgIpc) is 2.99. The highest BCUT2D eigenvalue weighted by Gasteiger charge is 2.24. The summed E-state index contributed by atoms with van der Waals surface area (Å²) in [6, 6.07) is 0.694. The fraction of sp³-hybridized carbons (Fsp3) is 0.727. The molecule has 1 fully saturated rings. The second-order valence-electron chi connectivity index (χ2n) is 3.93. The summed E-state index contributed by atoms with van der Waals surface area (Å²) in [6.45, 7) is 5.48. The van der Waals surface area contributed by atoms with Gasteiger partial charge < -0.3 is 14.6 Å². The largest absolute Gasteiger partial charge is 0.374 e. The highest BCUT2D eigenvalue weighted by Crippen LogP contribution is 2.35. The Morgan fingerprint density at radius 1 is 1.60 bits per heavy atom. The number of likely N-dealkylation sites (N-methyl/N-ethyl adjacent to an activating group) is 1. The first kappa shape index (κ1) is 10.6. The molecule has 0 bridgehead atoms. The standard InChI is InChI=1S/C11H19N3O/c1-2-12-5-6-15-8-11-7-13-9-14(11)10-3-4-10/h7,9-10,12H,2-6,8H2,1H3. The van der Waals surface area contributed by atoms with Crippen molar-refractivity contribution in [2.75, 3.05) is 19.7 Å². The normalized spacial score (nSPS) is 15.8. The molecule has 1 N–H and O–H groups in total. The number of aromatic nitrogens is 2. The monoisotopic (exact) mass is 209 g/mol. The van der Waals surface area contributed by atoms with Gasteiger partial charge in [-0.3, -0.25) is 0 Å². The number of ether oxygens (including phenoxy) is 1. The number of imidazole rings is 1. The first-order chi connectivity index (χ1) is 7.42. The van der Waals surface area contributed by atoms with Gasteiger partial charge in [-0.2, -0.15) is 0 Å². The van der Waals surface area contributed by atoms with Gasteiger partial charge in [0.05, 0.1) is 31.4 Å². The zero-order chi connectivity index (χ0) is 10.5. The number of nitrogens with one attached hydrogen (secondary N) is 1. The molecule has 0 saturated heterocycles. The summed E-state index contributed by atoms with van der Waals surface area (Å²) < 4.78 is 7.82. The molecule has 0 radical (unpaired) electrons. The summed E-state index contributed by atoms with van der Waals surface area (Å²) >= 11 is 0. The Kier molecular flexibility index (Phi) is 3.75. The molecule has 1 heterocycles. The smallest absolute Gasteiger partial charge is 0.0951 e. The van der Waals surface area contributed by atoms with Crippen LogP contribution < -0.4 is 5.32 Å². The number of hydrogen-bond donors (Lipinski definition) is 1. The molecule has 0 aromatic carbocycles. The van der Waals surface area contributed by atoms with Gasteiger partial charge in [-0.15, -0.1) is 0 Å². The van der Waals surface area contributed by atoms with Crippen LogP contribution in [0.4, 0.5) is 0 Å². The molecule has 0 atom stereocenters. The van der Waals surface area contributed by atoms with Crippen LogP contribution in [0.15, 0.2) is 12.5 Å². The Morgan fingerprint density at radius 2 is 2.47 bits per heavy atom. The van der Waals surface area contributed by atoms with Gasteiger partial charge in [0.15, 0.2) is 0 Å². The van der Waals surface area contributed by atoms with Crippen molar-refractivity contribution in [2.45, 2.75) is 32.4 Å². The predicted octanol–water partition coefficient (Wildman–Crippen LogP) is 1.34. The minimum Gasteiger partial charge on any atom is -0.374 e. The van der Waals surface area contributed by atoms with Crippen LogP contribution in [0, 0.1) is 0 Å². The Bertz CT molecular complexity index is 294. The van der Waals surface area contributed by atoms with E-state index < -0.39 is 0 Å². The lowest BCUT2D eigenvalue weighted by Gasteiger charge is -2.07. The first-order valence-corrected chi connectivity index (χ1v) is 5.71. The van der Waals surface area contributed by atoms with E-state index in [1.54, 1.807) is 0 Å². The lowest BCUT2D eigenvalue weighted by atomic mass is 10.4. The van der Waals surface area contributed by atoms with Crippen molar-refractivity contribution < 1.29 is 4.74 Å². The van der Waals surface area contributed by atoms with Crippen LogP contribution >= 0.6 is 0 Å². The topological polar surface area (TPSA) is 39.1 Å². The van der Waals surface area contributed by atoms with Crippen molar-refractivity contribution >= 4 is 0 Å². The zero-order valence-corrected chi connectivity index (χ0v) is 9.28. The van der Waals surface area contributed by atoms with Crippen LogP contribution in [-0.2, 0) is 11.3 Å². The van der Waals surface area contributed by atoms with E-state index in [0.29, 0.717) is 12.6 Å².